The number of Topliss-reactive ketones (excluding diaryl/α,β-unsaturated/α-hetero) is 1. The van der Waals surface area contributed by atoms with Gasteiger partial charge in [-0.15, -0.1) is 0 Å². The van der Waals surface area contributed by atoms with Gasteiger partial charge in [0.1, 0.15) is 18.1 Å². The second-order valence-corrected chi connectivity index (χ2v) is 8.17. The van der Waals surface area contributed by atoms with Crippen molar-refractivity contribution in [1.29, 1.82) is 0 Å². The highest BCUT2D eigenvalue weighted by atomic mass is 16.5. The van der Waals surface area contributed by atoms with E-state index < -0.39 is 5.41 Å². The second-order valence-electron chi connectivity index (χ2n) is 8.17. The van der Waals surface area contributed by atoms with Crippen LogP contribution in [0.15, 0.2) is 60.3 Å². The smallest absolute Gasteiger partial charge is 0.152 e. The van der Waals surface area contributed by atoms with E-state index in [9.17, 15) is 4.79 Å². The van der Waals surface area contributed by atoms with Crippen molar-refractivity contribution in [2.24, 2.45) is 0 Å². The lowest BCUT2D eigenvalue weighted by molar-refractivity contribution is -0.125. The van der Waals surface area contributed by atoms with Crippen LogP contribution in [0.5, 0.6) is 11.5 Å². The molecule has 0 saturated carbocycles. The van der Waals surface area contributed by atoms with Gasteiger partial charge in [0, 0.05) is 18.7 Å². The monoisotopic (exact) mass is 421 g/mol. The number of benzene rings is 1. The number of pyridine rings is 1. The van der Waals surface area contributed by atoms with Gasteiger partial charge in [0.25, 0.3) is 0 Å². The summed E-state index contributed by atoms with van der Waals surface area (Å²) < 4.78 is 16.6. The number of hydrogen-bond acceptors (Lipinski definition) is 5. The summed E-state index contributed by atoms with van der Waals surface area (Å²) in [5, 5.41) is 0. The zero-order chi connectivity index (χ0) is 22.4. The predicted octanol–water partition coefficient (Wildman–Crippen LogP) is 4.80. The lowest BCUT2D eigenvalue weighted by atomic mass is 9.66. The third-order valence-electron chi connectivity index (χ3n) is 5.84. The highest BCUT2D eigenvalue weighted by molar-refractivity contribution is 5.97. The Kier molecular flexibility index (Phi) is 7.29. The Morgan fingerprint density at radius 1 is 1.26 bits per heavy atom. The topological polar surface area (TPSA) is 57.6 Å². The van der Waals surface area contributed by atoms with Crippen molar-refractivity contribution >= 4 is 5.78 Å². The molecule has 1 aromatic heterocycles. The number of nitrogens with zero attached hydrogens (tertiary/aromatic N) is 1. The standard InChI is InChI=1S/C26H31NO4/c1-6-18(9-8-14-29-4)17-31-23-10-7-13-27-24(23)21-15-19-11-12-20(30-5)16-22(19)26(2,3)25(21)28/h6-13,16,21H,14-15,17H2,1-5H3/b9-8-,18-6+. The van der Waals surface area contributed by atoms with E-state index in [1.54, 1.807) is 20.4 Å². The third-order valence-corrected chi connectivity index (χ3v) is 5.84. The van der Waals surface area contributed by atoms with Crippen molar-refractivity contribution in [2.75, 3.05) is 27.4 Å². The summed E-state index contributed by atoms with van der Waals surface area (Å²) in [6, 6.07) is 9.70. The predicted molar refractivity (Wildman–Crippen MR) is 122 cm³/mol. The van der Waals surface area contributed by atoms with Gasteiger partial charge in [0.05, 0.1) is 25.3 Å². The van der Waals surface area contributed by atoms with Crippen LogP contribution in [0.1, 0.15) is 43.5 Å². The summed E-state index contributed by atoms with van der Waals surface area (Å²) >= 11 is 0. The third kappa shape index (κ3) is 4.88. The largest absolute Gasteiger partial charge is 0.497 e. The molecule has 164 valence electrons. The zero-order valence-electron chi connectivity index (χ0n) is 19.0. The first-order valence-electron chi connectivity index (χ1n) is 10.5. The number of fused-ring (bicyclic) bond motifs is 1. The van der Waals surface area contributed by atoms with Crippen molar-refractivity contribution < 1.29 is 19.0 Å². The van der Waals surface area contributed by atoms with E-state index in [4.69, 9.17) is 14.2 Å². The molecule has 0 spiro atoms. The molecule has 1 aliphatic carbocycles. The van der Waals surface area contributed by atoms with Gasteiger partial charge in [-0.2, -0.15) is 0 Å². The molecule has 1 heterocycles. The fourth-order valence-corrected chi connectivity index (χ4v) is 4.02. The maximum atomic E-state index is 13.6. The van der Waals surface area contributed by atoms with Gasteiger partial charge >= 0.3 is 0 Å². The summed E-state index contributed by atoms with van der Waals surface area (Å²) in [5.41, 5.74) is 3.24. The van der Waals surface area contributed by atoms with E-state index in [-0.39, 0.29) is 11.7 Å². The van der Waals surface area contributed by atoms with Gasteiger partial charge in [0.2, 0.25) is 0 Å². The lowest BCUT2D eigenvalue weighted by Crippen LogP contribution is -2.40. The van der Waals surface area contributed by atoms with Crippen LogP contribution >= 0.6 is 0 Å². The number of ether oxygens (including phenoxy) is 3. The average molecular weight is 422 g/mol. The quantitative estimate of drug-likeness (QED) is 0.573. The first-order chi connectivity index (χ1) is 14.9. The molecule has 5 heteroatoms. The Morgan fingerprint density at radius 2 is 2.06 bits per heavy atom. The number of allylic oxidation sites excluding steroid dienone is 1. The molecule has 0 aliphatic heterocycles. The molecule has 0 N–H and O–H groups in total. The van der Waals surface area contributed by atoms with E-state index >= 15 is 0 Å². The van der Waals surface area contributed by atoms with Crippen LogP contribution in [-0.2, 0) is 21.4 Å². The molecule has 1 atom stereocenters. The second kappa shape index (κ2) is 9.92. The van der Waals surface area contributed by atoms with E-state index in [1.807, 2.05) is 63.3 Å². The van der Waals surface area contributed by atoms with Crippen molar-refractivity contribution in [1.82, 2.24) is 4.98 Å². The molecule has 0 bridgehead atoms. The number of carbonyl (C=O) groups excluding carboxylic acids is 1. The van der Waals surface area contributed by atoms with E-state index in [2.05, 4.69) is 11.1 Å². The number of carbonyl (C=O) groups is 1. The van der Waals surface area contributed by atoms with Crippen molar-refractivity contribution in [3.05, 3.63) is 77.2 Å². The summed E-state index contributed by atoms with van der Waals surface area (Å²) in [7, 11) is 3.30. The Hall–Kier alpha value is -2.92. The number of ketones is 1. The first-order valence-corrected chi connectivity index (χ1v) is 10.5. The van der Waals surface area contributed by atoms with Crippen LogP contribution in [0.2, 0.25) is 0 Å². The number of methoxy groups -OCH3 is 2. The summed E-state index contributed by atoms with van der Waals surface area (Å²) in [6.45, 7) is 6.86. The highest BCUT2D eigenvalue weighted by Gasteiger charge is 2.43. The van der Waals surface area contributed by atoms with Crippen molar-refractivity contribution in [3.63, 3.8) is 0 Å². The van der Waals surface area contributed by atoms with Gasteiger partial charge in [-0.1, -0.05) is 24.3 Å². The molecule has 2 aromatic rings. The minimum Gasteiger partial charge on any atom is -0.497 e. The molecule has 0 amide bonds. The van der Waals surface area contributed by atoms with Crippen LogP contribution in [0.4, 0.5) is 0 Å². The summed E-state index contributed by atoms with van der Waals surface area (Å²) in [4.78, 5) is 18.1. The Morgan fingerprint density at radius 3 is 2.77 bits per heavy atom. The molecule has 0 saturated heterocycles. The van der Waals surface area contributed by atoms with Gasteiger partial charge in [-0.3, -0.25) is 9.78 Å². The maximum Gasteiger partial charge on any atom is 0.152 e. The van der Waals surface area contributed by atoms with E-state index in [0.717, 1.165) is 22.4 Å². The first kappa shape index (κ1) is 22.8. The maximum absolute atomic E-state index is 13.6. The van der Waals surface area contributed by atoms with Crippen molar-refractivity contribution in [2.45, 2.75) is 38.5 Å². The van der Waals surface area contributed by atoms with Crippen LogP contribution in [0.25, 0.3) is 0 Å². The van der Waals surface area contributed by atoms with Gasteiger partial charge in [0.15, 0.2) is 5.78 Å². The molecule has 3 rings (SSSR count). The molecule has 0 radical (unpaired) electrons. The molecule has 31 heavy (non-hydrogen) atoms. The van der Waals surface area contributed by atoms with Crippen LogP contribution in [-0.4, -0.2) is 38.2 Å². The van der Waals surface area contributed by atoms with Crippen molar-refractivity contribution in [3.8, 4) is 11.5 Å². The molecule has 1 aliphatic rings. The number of rotatable bonds is 8. The number of aromatic nitrogens is 1. The Bertz CT molecular complexity index is 991. The van der Waals surface area contributed by atoms with Crippen LogP contribution in [0, 0.1) is 0 Å². The van der Waals surface area contributed by atoms with Crippen LogP contribution in [0.3, 0.4) is 0 Å². The van der Waals surface area contributed by atoms with Crippen LogP contribution < -0.4 is 9.47 Å². The molecular weight excluding hydrogens is 390 g/mol. The van der Waals surface area contributed by atoms with Gasteiger partial charge in [-0.05, 0) is 68.2 Å². The Labute approximate surface area is 184 Å². The van der Waals surface area contributed by atoms with E-state index in [1.165, 1.54) is 0 Å². The average Bonchev–Trinajstić information content (AvgIpc) is 2.79. The molecule has 0 fully saturated rings. The summed E-state index contributed by atoms with van der Waals surface area (Å²) in [6.07, 6.45) is 8.25. The minimum absolute atomic E-state index is 0.142. The molecule has 5 nitrogen and oxygen atoms in total. The minimum atomic E-state index is -0.640. The lowest BCUT2D eigenvalue weighted by Gasteiger charge is -2.36. The normalized spacial score (nSPS) is 18.2. The SMILES string of the molecule is C/C=C(\C=C/COC)COc1cccnc1C1Cc2ccc(OC)cc2C(C)(C)C1=O. The fraction of sp³-hybridized carbons (Fsp3) is 0.385. The molecule has 1 aromatic carbocycles. The molecule has 1 unspecified atom stereocenters. The fourth-order valence-electron chi connectivity index (χ4n) is 4.02. The highest BCUT2D eigenvalue weighted by Crippen LogP contribution is 2.43. The molecular formula is C26H31NO4. The zero-order valence-corrected chi connectivity index (χ0v) is 19.0. The number of hydrogen-bond donors (Lipinski definition) is 0. The van der Waals surface area contributed by atoms with E-state index in [0.29, 0.717) is 31.1 Å². The summed E-state index contributed by atoms with van der Waals surface area (Å²) in [5.74, 6) is 1.20. The van der Waals surface area contributed by atoms with Gasteiger partial charge in [-0.25, -0.2) is 0 Å². The van der Waals surface area contributed by atoms with Gasteiger partial charge < -0.3 is 14.2 Å². The Balaban J connectivity index is 1.89.